The molecule has 1 aromatic carbocycles. The molecule has 0 spiro atoms. The number of anilines is 1. The highest BCUT2D eigenvalue weighted by molar-refractivity contribution is 6.30. The first-order valence-electron chi connectivity index (χ1n) is 11.5. The largest absolute Gasteiger partial charge is 0.408 e. The summed E-state index contributed by atoms with van der Waals surface area (Å²) < 4.78 is 5.79. The van der Waals surface area contributed by atoms with Crippen molar-refractivity contribution in [3.63, 3.8) is 0 Å². The summed E-state index contributed by atoms with van der Waals surface area (Å²) in [7, 11) is 0. The van der Waals surface area contributed by atoms with E-state index in [-0.39, 0.29) is 22.7 Å². The number of piperidine rings is 1. The monoisotopic (exact) mass is 460 g/mol. The Morgan fingerprint density at radius 3 is 2.47 bits per heavy atom. The van der Waals surface area contributed by atoms with E-state index in [1.807, 2.05) is 30.9 Å². The zero-order valence-electron chi connectivity index (χ0n) is 20.4. The fourth-order valence-electron chi connectivity index (χ4n) is 4.54. The number of rotatable bonds is 6. The molecule has 1 aromatic heterocycles. The Labute approximate surface area is 197 Å². The second-order valence-electron chi connectivity index (χ2n) is 11.2. The molecule has 2 unspecified atom stereocenters. The molecule has 0 bridgehead atoms. The van der Waals surface area contributed by atoms with Crippen molar-refractivity contribution in [1.82, 2.24) is 15.1 Å². The van der Waals surface area contributed by atoms with Gasteiger partial charge in [0.1, 0.15) is 6.04 Å². The summed E-state index contributed by atoms with van der Waals surface area (Å²) in [6, 6.07) is 8.00. The molecular weight excluding hydrogens is 424 g/mol. The number of hydrogen-bond acceptors (Lipinski definition) is 5. The molecule has 1 N–H and O–H groups in total. The van der Waals surface area contributed by atoms with Crippen LogP contribution in [0.5, 0.6) is 0 Å². The minimum absolute atomic E-state index is 0.0480. The van der Waals surface area contributed by atoms with Crippen LogP contribution in [0.4, 0.5) is 6.01 Å². The molecule has 6 nitrogen and oxygen atoms in total. The molecule has 3 rings (SSSR count). The number of carbonyl (C=O) groups excluding carboxylic acids is 1. The van der Waals surface area contributed by atoms with Crippen LogP contribution < -0.4 is 5.32 Å². The third-order valence-corrected chi connectivity index (χ3v) is 6.43. The summed E-state index contributed by atoms with van der Waals surface area (Å²) in [5, 5.41) is 12.2. The Morgan fingerprint density at radius 1 is 1.25 bits per heavy atom. The number of aromatic nitrogens is 2. The third-order valence-electron chi connectivity index (χ3n) is 6.17. The highest BCUT2D eigenvalue weighted by Crippen LogP contribution is 2.42. The molecule has 1 aliphatic heterocycles. The summed E-state index contributed by atoms with van der Waals surface area (Å²) in [6.07, 6.45) is 1.61. The fourth-order valence-corrected chi connectivity index (χ4v) is 4.66. The minimum atomic E-state index is -0.416. The molecule has 0 aliphatic carbocycles. The number of amides is 1. The number of likely N-dealkylation sites (tertiary alicyclic amines) is 1. The lowest BCUT2D eigenvalue weighted by Crippen LogP contribution is -2.53. The zero-order valence-corrected chi connectivity index (χ0v) is 21.2. The van der Waals surface area contributed by atoms with Gasteiger partial charge in [0.15, 0.2) is 0 Å². The molecule has 0 radical (unpaired) electrons. The van der Waals surface area contributed by atoms with Gasteiger partial charge >= 0.3 is 6.01 Å². The maximum absolute atomic E-state index is 13.5. The number of benzene rings is 1. The number of nitrogens with zero attached hydrogens (tertiary/aromatic N) is 3. The highest BCUT2D eigenvalue weighted by Gasteiger charge is 2.40. The SMILES string of the molecule is CC(C)C(Nc1nnc(CC(C)(C)C)o1)C(=O)N1CCC(c2ccc(Cl)cc2)C(C)(C)C1. The van der Waals surface area contributed by atoms with E-state index < -0.39 is 6.04 Å². The zero-order chi connectivity index (χ0) is 23.7. The lowest BCUT2D eigenvalue weighted by Gasteiger charge is -2.45. The van der Waals surface area contributed by atoms with Crippen molar-refractivity contribution in [2.45, 2.75) is 73.3 Å². The number of halogens is 1. The molecule has 2 heterocycles. The smallest absolute Gasteiger partial charge is 0.316 e. The van der Waals surface area contributed by atoms with E-state index in [1.165, 1.54) is 5.56 Å². The molecule has 0 saturated carbocycles. The molecule has 1 fully saturated rings. The Bertz CT molecular complexity index is 915. The van der Waals surface area contributed by atoms with E-state index in [0.29, 0.717) is 30.8 Å². The van der Waals surface area contributed by atoms with E-state index in [9.17, 15) is 4.79 Å². The molecule has 2 atom stereocenters. The Morgan fingerprint density at radius 2 is 1.91 bits per heavy atom. The van der Waals surface area contributed by atoms with Gasteiger partial charge in [-0.3, -0.25) is 4.79 Å². The van der Waals surface area contributed by atoms with E-state index >= 15 is 0 Å². The van der Waals surface area contributed by atoms with Gasteiger partial charge in [0.05, 0.1) is 0 Å². The average Bonchev–Trinajstić information content (AvgIpc) is 3.10. The maximum atomic E-state index is 13.5. The highest BCUT2D eigenvalue weighted by atomic mass is 35.5. The van der Waals surface area contributed by atoms with Crippen molar-refractivity contribution in [1.29, 1.82) is 0 Å². The molecule has 1 aliphatic rings. The summed E-state index contributed by atoms with van der Waals surface area (Å²) in [4.78, 5) is 15.5. The second kappa shape index (κ2) is 9.42. The molecule has 32 heavy (non-hydrogen) atoms. The number of carbonyl (C=O) groups is 1. The minimum Gasteiger partial charge on any atom is -0.408 e. The Balaban J connectivity index is 1.70. The van der Waals surface area contributed by atoms with Crippen molar-refractivity contribution in [2.75, 3.05) is 18.4 Å². The summed E-state index contributed by atoms with van der Waals surface area (Å²) >= 11 is 6.07. The Kier molecular flexibility index (Phi) is 7.23. The second-order valence-corrected chi connectivity index (χ2v) is 11.7. The van der Waals surface area contributed by atoms with Crippen molar-refractivity contribution in [3.05, 3.63) is 40.7 Å². The Hall–Kier alpha value is -2.08. The van der Waals surface area contributed by atoms with Crippen LogP contribution in [0, 0.1) is 16.7 Å². The van der Waals surface area contributed by atoms with Crippen LogP contribution in [0.3, 0.4) is 0 Å². The lowest BCUT2D eigenvalue weighted by molar-refractivity contribution is -0.136. The first kappa shape index (κ1) is 24.6. The summed E-state index contributed by atoms with van der Waals surface area (Å²) in [5.74, 6) is 1.13. The van der Waals surface area contributed by atoms with Crippen LogP contribution in [0.25, 0.3) is 0 Å². The molecule has 176 valence electrons. The number of nitrogens with one attached hydrogen (secondary N) is 1. The van der Waals surface area contributed by atoms with Crippen molar-refractivity contribution >= 4 is 23.5 Å². The normalized spacial score (nSPS) is 19.8. The van der Waals surface area contributed by atoms with Gasteiger partial charge in [-0.1, -0.05) is 77.3 Å². The topological polar surface area (TPSA) is 71.3 Å². The molecule has 1 amide bonds. The number of hydrogen-bond donors (Lipinski definition) is 1. The van der Waals surface area contributed by atoms with E-state index in [4.69, 9.17) is 16.0 Å². The van der Waals surface area contributed by atoms with Gasteiger partial charge in [-0.2, -0.15) is 0 Å². The average molecular weight is 461 g/mol. The van der Waals surface area contributed by atoms with Crippen molar-refractivity contribution < 1.29 is 9.21 Å². The predicted octanol–water partition coefficient (Wildman–Crippen LogP) is 5.79. The van der Waals surface area contributed by atoms with E-state index in [1.54, 1.807) is 0 Å². The lowest BCUT2D eigenvalue weighted by atomic mass is 9.70. The van der Waals surface area contributed by atoms with Crippen molar-refractivity contribution in [3.8, 4) is 0 Å². The summed E-state index contributed by atoms with van der Waals surface area (Å²) in [6.45, 7) is 16.3. The fraction of sp³-hybridized carbons (Fsp3) is 0.640. The van der Waals surface area contributed by atoms with Crippen molar-refractivity contribution in [2.24, 2.45) is 16.7 Å². The summed E-state index contributed by atoms with van der Waals surface area (Å²) in [5.41, 5.74) is 1.28. The van der Waals surface area contributed by atoms with Crippen LogP contribution in [0.2, 0.25) is 5.02 Å². The van der Waals surface area contributed by atoms with Crippen LogP contribution in [-0.4, -0.2) is 40.1 Å². The predicted molar refractivity (Wildman–Crippen MR) is 129 cm³/mol. The molecule has 1 saturated heterocycles. The van der Waals surface area contributed by atoms with Crippen LogP contribution in [0.15, 0.2) is 28.7 Å². The molecule has 7 heteroatoms. The first-order chi connectivity index (χ1) is 14.9. The van der Waals surface area contributed by atoms with Gasteiger partial charge in [-0.15, -0.1) is 5.10 Å². The molecule has 2 aromatic rings. The third kappa shape index (κ3) is 6.03. The van der Waals surface area contributed by atoms with Gasteiger partial charge in [0.2, 0.25) is 11.8 Å². The standard InChI is InChI=1S/C25H37ClN4O2/c1-16(2)21(27-23-29-28-20(32-23)14-24(3,4)5)22(31)30-13-12-19(25(6,7)15-30)17-8-10-18(26)11-9-17/h8-11,16,19,21H,12-15H2,1-7H3,(H,27,29). The quantitative estimate of drug-likeness (QED) is 0.590. The van der Waals surface area contributed by atoms with Gasteiger partial charge in [0, 0.05) is 24.5 Å². The maximum Gasteiger partial charge on any atom is 0.316 e. The van der Waals surface area contributed by atoms with Gasteiger partial charge < -0.3 is 14.6 Å². The van der Waals surface area contributed by atoms with E-state index in [2.05, 4.69) is 62.3 Å². The first-order valence-corrected chi connectivity index (χ1v) is 11.9. The van der Waals surface area contributed by atoms with Gasteiger partial charge in [-0.25, -0.2) is 0 Å². The van der Waals surface area contributed by atoms with Gasteiger partial charge in [-0.05, 0) is 46.8 Å². The van der Waals surface area contributed by atoms with Crippen LogP contribution in [0.1, 0.15) is 72.3 Å². The van der Waals surface area contributed by atoms with Crippen LogP contribution >= 0.6 is 11.6 Å². The molecular formula is C25H37ClN4O2. The van der Waals surface area contributed by atoms with Crippen LogP contribution in [-0.2, 0) is 11.2 Å². The van der Waals surface area contributed by atoms with Gasteiger partial charge in [0.25, 0.3) is 0 Å². The van der Waals surface area contributed by atoms with E-state index in [0.717, 1.165) is 18.0 Å².